The van der Waals surface area contributed by atoms with Crippen molar-refractivity contribution in [3.8, 4) is 0 Å². The maximum Gasteiger partial charge on any atom is 1.00 e. The van der Waals surface area contributed by atoms with Gasteiger partial charge in [0, 0.05) is 5.56 Å². The number of Topliss-reactive ketones (excluding diaryl/α,β-unsaturated/α-hetero) is 1. The molecule has 2 aliphatic carbocycles. The number of rotatable bonds is 3. The Labute approximate surface area is 164 Å². The van der Waals surface area contributed by atoms with E-state index in [4.69, 9.17) is 0 Å². The zero-order valence-corrected chi connectivity index (χ0v) is 15.8. The van der Waals surface area contributed by atoms with Crippen molar-refractivity contribution in [1.29, 1.82) is 0 Å². The predicted molar refractivity (Wildman–Crippen MR) is 88.8 cm³/mol. The van der Waals surface area contributed by atoms with E-state index in [0.717, 1.165) is 28.7 Å². The summed E-state index contributed by atoms with van der Waals surface area (Å²) in [4.78, 5) is 13.2. The van der Waals surface area contributed by atoms with Crippen LogP contribution in [0.3, 0.4) is 0 Å². The van der Waals surface area contributed by atoms with Crippen molar-refractivity contribution in [2.45, 2.75) is 19.3 Å². The molecule has 0 saturated carbocycles. The Kier molecular flexibility index (Phi) is 4.56. The first-order valence-corrected chi connectivity index (χ1v) is 7.88. The van der Waals surface area contributed by atoms with Crippen LogP contribution in [0.5, 0.6) is 0 Å². The van der Waals surface area contributed by atoms with Gasteiger partial charge in [-0.2, -0.15) is 0 Å². The molecule has 114 valence electrons. The summed E-state index contributed by atoms with van der Waals surface area (Å²) >= 11 is 0. The molecule has 0 aliphatic heterocycles. The van der Waals surface area contributed by atoms with Crippen LogP contribution in [0.2, 0.25) is 0 Å². The molecule has 1 unspecified atom stereocenters. The first kappa shape index (κ1) is 17.2. The summed E-state index contributed by atoms with van der Waals surface area (Å²) in [5.41, 5.74) is 4.33. The first-order chi connectivity index (χ1) is 11.1. The van der Waals surface area contributed by atoms with E-state index in [9.17, 15) is 9.90 Å². The number of benzene rings is 2. The molecule has 0 amide bonds. The van der Waals surface area contributed by atoms with E-state index in [-0.39, 0.29) is 47.5 Å². The molecule has 4 rings (SSSR count). The van der Waals surface area contributed by atoms with Gasteiger partial charge in [0.25, 0.3) is 0 Å². The van der Waals surface area contributed by atoms with E-state index in [0.29, 0.717) is 6.42 Å². The molecule has 0 heterocycles. The van der Waals surface area contributed by atoms with Gasteiger partial charge in [-0.3, -0.25) is 4.79 Å². The second kappa shape index (κ2) is 6.36. The molecule has 0 saturated heterocycles. The third-order valence-corrected chi connectivity index (χ3v) is 5.04. The van der Waals surface area contributed by atoms with Crippen molar-refractivity contribution >= 4 is 11.4 Å². The smallest absolute Gasteiger partial charge is 0.876 e. The largest absolute Gasteiger partial charge is 1.00 e. The van der Waals surface area contributed by atoms with Gasteiger partial charge in [-0.15, -0.1) is 12.3 Å². The normalized spacial score (nSPS) is 20.8. The quantitative estimate of drug-likeness (QED) is 0.603. The van der Waals surface area contributed by atoms with Gasteiger partial charge in [0.2, 0.25) is 0 Å². The van der Waals surface area contributed by atoms with Crippen LogP contribution in [0.4, 0.5) is 0 Å². The van der Waals surface area contributed by atoms with Crippen molar-refractivity contribution in [3.63, 3.8) is 0 Å². The summed E-state index contributed by atoms with van der Waals surface area (Å²) in [6.07, 6.45) is 3.70. The van der Waals surface area contributed by atoms with Crippen molar-refractivity contribution in [2.24, 2.45) is 5.41 Å². The van der Waals surface area contributed by atoms with Crippen LogP contribution in [0.15, 0.2) is 66.9 Å². The predicted octanol–water partition coefficient (Wildman–Crippen LogP) is 0.320. The average Bonchev–Trinajstić information content (AvgIpc) is 3.08. The van der Waals surface area contributed by atoms with Gasteiger partial charge in [0.05, 0.1) is 5.41 Å². The first-order valence-electron chi connectivity index (χ1n) is 7.88. The maximum atomic E-state index is 13.2. The molecule has 24 heavy (non-hydrogen) atoms. The number of carbonyl (C=O) groups excluding carboxylic acids is 1. The number of carbonyl (C=O) groups is 1. The monoisotopic (exact) mass is 324 g/mol. The van der Waals surface area contributed by atoms with Gasteiger partial charge < -0.3 is 5.11 Å². The van der Waals surface area contributed by atoms with Gasteiger partial charge >= 0.3 is 29.6 Å². The van der Waals surface area contributed by atoms with E-state index < -0.39 is 5.41 Å². The topological polar surface area (TPSA) is 40.1 Å². The summed E-state index contributed by atoms with van der Waals surface area (Å²) in [6, 6.07) is 15.8. The molecule has 0 bridgehead atoms. The van der Waals surface area contributed by atoms with Crippen LogP contribution in [0, 0.1) is 5.41 Å². The summed E-state index contributed by atoms with van der Waals surface area (Å²) in [7, 11) is 0. The van der Waals surface area contributed by atoms with Crippen LogP contribution in [-0.4, -0.2) is 5.78 Å². The van der Waals surface area contributed by atoms with Crippen LogP contribution in [-0.2, 0) is 12.8 Å². The van der Waals surface area contributed by atoms with E-state index in [1.54, 1.807) is 0 Å². The van der Waals surface area contributed by atoms with E-state index in [2.05, 4.69) is 24.8 Å². The Balaban J connectivity index is 0.00000169. The van der Waals surface area contributed by atoms with Crippen molar-refractivity contribution in [2.75, 3.05) is 0 Å². The third-order valence-electron chi connectivity index (χ3n) is 5.04. The zero-order chi connectivity index (χ0) is 16.0. The second-order valence-electron chi connectivity index (χ2n) is 6.44. The molecule has 2 aromatic carbocycles. The molecule has 2 aromatic rings. The van der Waals surface area contributed by atoms with E-state index >= 15 is 0 Å². The fourth-order valence-electron chi connectivity index (χ4n) is 4.09. The summed E-state index contributed by atoms with van der Waals surface area (Å²) < 4.78 is 0. The van der Waals surface area contributed by atoms with Crippen molar-refractivity contribution in [1.82, 2.24) is 0 Å². The Bertz CT molecular complexity index is 866. The molecule has 1 atom stereocenters. The molecule has 3 heteroatoms. The summed E-state index contributed by atoms with van der Waals surface area (Å²) in [5.74, 6) is -0.121. The van der Waals surface area contributed by atoms with Crippen molar-refractivity contribution in [3.05, 3.63) is 89.2 Å². The fourth-order valence-corrected chi connectivity index (χ4v) is 4.09. The van der Waals surface area contributed by atoms with Gasteiger partial charge in [0.1, 0.15) is 0 Å². The minimum Gasteiger partial charge on any atom is -0.876 e. The summed E-state index contributed by atoms with van der Waals surface area (Å²) in [6.45, 7) is 3.55. The van der Waals surface area contributed by atoms with E-state index in [1.807, 2.05) is 36.4 Å². The SMILES string of the molecule is C=C([O-])CC1(C2=CCc3ccccc32)Cc2ccccc2C1=O.[Na+]. The number of fused-ring (bicyclic) bond motifs is 2. The zero-order valence-electron chi connectivity index (χ0n) is 13.8. The van der Waals surface area contributed by atoms with Crippen LogP contribution in [0.1, 0.15) is 33.5 Å². The fraction of sp³-hybridized carbons (Fsp3) is 0.190. The maximum absolute atomic E-state index is 13.2. The Morgan fingerprint density at radius 1 is 1.04 bits per heavy atom. The molecule has 0 spiro atoms. The molecule has 0 N–H and O–H groups in total. The Morgan fingerprint density at radius 3 is 2.33 bits per heavy atom. The molecule has 0 aromatic heterocycles. The third kappa shape index (κ3) is 2.50. The number of hydrogen-bond acceptors (Lipinski definition) is 2. The van der Waals surface area contributed by atoms with Gasteiger partial charge in [-0.1, -0.05) is 54.6 Å². The number of ketones is 1. The van der Waals surface area contributed by atoms with Crippen LogP contribution < -0.4 is 34.7 Å². The van der Waals surface area contributed by atoms with Crippen LogP contribution in [0.25, 0.3) is 5.57 Å². The van der Waals surface area contributed by atoms with Gasteiger partial charge in [-0.25, -0.2) is 0 Å². The summed E-state index contributed by atoms with van der Waals surface area (Å²) in [5, 5.41) is 11.9. The molecule has 2 aliphatic rings. The molecule has 0 radical (unpaired) electrons. The second-order valence-corrected chi connectivity index (χ2v) is 6.44. The van der Waals surface area contributed by atoms with Gasteiger partial charge in [-0.05, 0) is 41.5 Å². The number of hydrogen-bond donors (Lipinski definition) is 0. The van der Waals surface area contributed by atoms with E-state index in [1.165, 1.54) is 5.56 Å². The standard InChI is InChI=1S/C21H18O2.Na/c1-14(22)12-21(13-16-7-3-5-9-18(16)20(21)23)19-11-10-15-6-2-4-8-17(15)19;/h2-9,11,22H,1,10,12-13H2;/q;+1/p-1. The molecular formula is C21H17NaO2. The minimum atomic E-state index is -0.783. The minimum absolute atomic E-state index is 0. The van der Waals surface area contributed by atoms with Gasteiger partial charge in [0.15, 0.2) is 5.78 Å². The van der Waals surface area contributed by atoms with Crippen LogP contribution >= 0.6 is 0 Å². The number of allylic oxidation sites excluding steroid dienone is 3. The molecular weight excluding hydrogens is 307 g/mol. The average molecular weight is 324 g/mol. The molecule has 2 nitrogen and oxygen atoms in total. The van der Waals surface area contributed by atoms with Crippen molar-refractivity contribution < 1.29 is 39.5 Å². The Morgan fingerprint density at radius 2 is 1.67 bits per heavy atom. The Hall–Kier alpha value is -1.61. The molecule has 0 fully saturated rings.